The maximum atomic E-state index is 9.94. The molecular formula is C18H31NO2Si. The molecule has 0 aliphatic heterocycles. The summed E-state index contributed by atoms with van der Waals surface area (Å²) in [7, 11) is -1.86. The fourth-order valence-electron chi connectivity index (χ4n) is 3.95. The fourth-order valence-corrected chi connectivity index (χ4v) is 9.34. The second-order valence-electron chi connectivity index (χ2n) is 7.59. The van der Waals surface area contributed by atoms with Gasteiger partial charge in [-0.15, -0.1) is 0 Å². The molecule has 4 heteroatoms. The van der Waals surface area contributed by atoms with Gasteiger partial charge < -0.3 is 9.53 Å². The Morgan fingerprint density at radius 1 is 1.09 bits per heavy atom. The van der Waals surface area contributed by atoms with E-state index >= 15 is 0 Å². The Hall–Kier alpha value is -0.873. The second kappa shape index (κ2) is 6.71. The standard InChI is InChI=1S/C18H31NO2Si/c1-12(2)22(13(3)4,14(5)6)21-11-16-9-10-17(20)18(19-16)15-7-8-15/h9-10,12-15,20H,7-8,11H2,1-6H3. The maximum absolute atomic E-state index is 9.94. The third kappa shape index (κ3) is 3.38. The molecule has 0 unspecified atom stereocenters. The van der Waals surface area contributed by atoms with E-state index < -0.39 is 8.32 Å². The van der Waals surface area contributed by atoms with Crippen LogP contribution in [0.25, 0.3) is 0 Å². The Morgan fingerprint density at radius 2 is 1.64 bits per heavy atom. The van der Waals surface area contributed by atoms with Crippen molar-refractivity contribution in [2.45, 2.75) is 83.5 Å². The lowest BCUT2D eigenvalue weighted by molar-refractivity contribution is 0.261. The molecule has 1 fully saturated rings. The third-order valence-corrected chi connectivity index (χ3v) is 11.2. The topological polar surface area (TPSA) is 42.4 Å². The van der Waals surface area contributed by atoms with E-state index in [1.165, 1.54) is 0 Å². The van der Waals surface area contributed by atoms with E-state index in [2.05, 4.69) is 46.5 Å². The van der Waals surface area contributed by atoms with Crippen LogP contribution in [0.3, 0.4) is 0 Å². The molecule has 1 aliphatic carbocycles. The molecule has 1 aromatic rings. The highest BCUT2D eigenvalue weighted by Crippen LogP contribution is 2.44. The highest BCUT2D eigenvalue weighted by atomic mass is 28.4. The Kier molecular flexibility index (Phi) is 5.33. The number of nitrogens with zero attached hydrogens (tertiary/aromatic N) is 1. The van der Waals surface area contributed by atoms with Crippen LogP contribution in [-0.2, 0) is 11.0 Å². The molecule has 0 radical (unpaired) electrons. The summed E-state index contributed by atoms with van der Waals surface area (Å²) in [5.41, 5.74) is 3.55. The molecule has 2 rings (SSSR count). The van der Waals surface area contributed by atoms with E-state index in [-0.39, 0.29) is 0 Å². The quantitative estimate of drug-likeness (QED) is 0.688. The van der Waals surface area contributed by atoms with Crippen LogP contribution in [0.15, 0.2) is 12.1 Å². The molecule has 0 atom stereocenters. The number of pyridine rings is 1. The van der Waals surface area contributed by atoms with Crippen molar-refractivity contribution in [3.05, 3.63) is 23.5 Å². The normalized spacial score (nSPS) is 16.0. The van der Waals surface area contributed by atoms with Crippen LogP contribution in [-0.4, -0.2) is 18.4 Å². The smallest absolute Gasteiger partial charge is 0.200 e. The highest BCUT2D eigenvalue weighted by Gasteiger charge is 2.45. The first-order chi connectivity index (χ1) is 10.3. The van der Waals surface area contributed by atoms with Crippen LogP contribution in [0, 0.1) is 0 Å². The van der Waals surface area contributed by atoms with Crippen LogP contribution in [0.4, 0.5) is 0 Å². The lowest BCUT2D eigenvalue weighted by atomic mass is 10.2. The Bertz CT molecular complexity index is 488. The monoisotopic (exact) mass is 321 g/mol. The predicted octanol–water partition coefficient (Wildman–Crippen LogP) is 5.36. The first kappa shape index (κ1) is 17.5. The Balaban J connectivity index is 2.17. The Morgan fingerprint density at radius 3 is 2.09 bits per heavy atom. The van der Waals surface area contributed by atoms with E-state index in [4.69, 9.17) is 4.43 Å². The first-order valence-electron chi connectivity index (χ1n) is 8.61. The van der Waals surface area contributed by atoms with Gasteiger partial charge >= 0.3 is 0 Å². The molecule has 0 spiro atoms. The van der Waals surface area contributed by atoms with E-state index in [1.807, 2.05) is 6.07 Å². The molecular weight excluding hydrogens is 290 g/mol. The maximum Gasteiger partial charge on any atom is 0.200 e. The fraction of sp³-hybridized carbons (Fsp3) is 0.722. The molecule has 22 heavy (non-hydrogen) atoms. The summed E-state index contributed by atoms with van der Waals surface area (Å²) in [5.74, 6) is 0.800. The van der Waals surface area contributed by atoms with E-state index in [0.29, 0.717) is 34.9 Å². The second-order valence-corrected chi connectivity index (χ2v) is 13.0. The first-order valence-corrected chi connectivity index (χ1v) is 10.8. The average Bonchev–Trinajstić information content (AvgIpc) is 3.24. The SMILES string of the molecule is CC(C)[Si](OCc1ccc(O)c(C2CC2)n1)(C(C)C)C(C)C. The van der Waals surface area contributed by atoms with Gasteiger partial charge in [-0.05, 0) is 41.6 Å². The minimum atomic E-state index is -1.86. The lowest BCUT2D eigenvalue weighted by Gasteiger charge is -2.42. The van der Waals surface area contributed by atoms with Gasteiger partial charge in [0.05, 0.1) is 18.0 Å². The summed E-state index contributed by atoms with van der Waals surface area (Å²) in [6.07, 6.45) is 2.29. The van der Waals surface area contributed by atoms with Crippen LogP contribution in [0.5, 0.6) is 5.75 Å². The van der Waals surface area contributed by atoms with E-state index in [1.54, 1.807) is 6.07 Å². The molecule has 0 saturated heterocycles. The molecule has 3 nitrogen and oxygen atoms in total. The Labute approximate surface area is 136 Å². The van der Waals surface area contributed by atoms with Crippen LogP contribution in [0.1, 0.15) is 71.7 Å². The van der Waals surface area contributed by atoms with Gasteiger partial charge in [-0.2, -0.15) is 0 Å². The summed E-state index contributed by atoms with van der Waals surface area (Å²) in [6.45, 7) is 14.4. The number of hydrogen-bond acceptors (Lipinski definition) is 3. The van der Waals surface area contributed by atoms with Gasteiger partial charge in [0.25, 0.3) is 0 Å². The van der Waals surface area contributed by atoms with Crippen molar-refractivity contribution >= 4 is 8.32 Å². The number of hydrogen-bond donors (Lipinski definition) is 1. The zero-order valence-corrected chi connectivity index (χ0v) is 15.9. The number of aromatic nitrogens is 1. The molecule has 1 N–H and O–H groups in total. The molecule has 124 valence electrons. The van der Waals surface area contributed by atoms with Crippen molar-refractivity contribution < 1.29 is 9.53 Å². The summed E-state index contributed by atoms with van der Waals surface area (Å²) in [5, 5.41) is 9.94. The zero-order valence-electron chi connectivity index (χ0n) is 14.9. The van der Waals surface area contributed by atoms with Crippen LogP contribution >= 0.6 is 0 Å². The zero-order chi connectivity index (χ0) is 16.5. The van der Waals surface area contributed by atoms with Gasteiger partial charge in [0.15, 0.2) is 0 Å². The van der Waals surface area contributed by atoms with Gasteiger partial charge in [0, 0.05) is 5.92 Å². The lowest BCUT2D eigenvalue weighted by Crippen LogP contribution is -2.47. The predicted molar refractivity (Wildman–Crippen MR) is 93.7 cm³/mol. The number of aromatic hydroxyl groups is 1. The molecule has 1 saturated carbocycles. The highest BCUT2D eigenvalue weighted by molar-refractivity contribution is 6.77. The van der Waals surface area contributed by atoms with E-state index in [0.717, 1.165) is 24.2 Å². The molecule has 1 heterocycles. The number of rotatable bonds is 7. The van der Waals surface area contributed by atoms with Crippen molar-refractivity contribution in [3.63, 3.8) is 0 Å². The van der Waals surface area contributed by atoms with Gasteiger partial charge in [-0.25, -0.2) is 0 Å². The molecule has 0 amide bonds. The van der Waals surface area contributed by atoms with E-state index in [9.17, 15) is 5.11 Å². The average molecular weight is 322 g/mol. The van der Waals surface area contributed by atoms with Crippen LogP contribution < -0.4 is 0 Å². The molecule has 1 aromatic heterocycles. The van der Waals surface area contributed by atoms with Crippen molar-refractivity contribution in [2.75, 3.05) is 0 Å². The molecule has 0 bridgehead atoms. The van der Waals surface area contributed by atoms with Crippen molar-refractivity contribution in [2.24, 2.45) is 0 Å². The summed E-state index contributed by atoms with van der Waals surface area (Å²) >= 11 is 0. The minimum Gasteiger partial charge on any atom is -0.506 e. The van der Waals surface area contributed by atoms with Crippen molar-refractivity contribution in [1.82, 2.24) is 4.98 Å². The molecule has 0 aromatic carbocycles. The van der Waals surface area contributed by atoms with Crippen molar-refractivity contribution in [1.29, 1.82) is 0 Å². The van der Waals surface area contributed by atoms with Gasteiger partial charge in [0.1, 0.15) is 5.75 Å². The summed E-state index contributed by atoms with van der Waals surface area (Å²) in [4.78, 5) is 4.66. The van der Waals surface area contributed by atoms with Gasteiger partial charge in [-0.1, -0.05) is 41.5 Å². The van der Waals surface area contributed by atoms with Crippen molar-refractivity contribution in [3.8, 4) is 5.75 Å². The summed E-state index contributed by atoms with van der Waals surface area (Å²) < 4.78 is 6.59. The molecule has 1 aliphatic rings. The van der Waals surface area contributed by atoms with Gasteiger partial charge in [0.2, 0.25) is 8.32 Å². The third-order valence-electron chi connectivity index (χ3n) is 5.10. The van der Waals surface area contributed by atoms with Gasteiger partial charge in [-0.3, -0.25) is 4.98 Å². The van der Waals surface area contributed by atoms with Crippen LogP contribution in [0.2, 0.25) is 16.6 Å². The minimum absolute atomic E-state index is 0.339. The largest absolute Gasteiger partial charge is 0.506 e. The summed E-state index contributed by atoms with van der Waals surface area (Å²) in [6, 6.07) is 3.68.